The summed E-state index contributed by atoms with van der Waals surface area (Å²) in [5.74, 6) is 0.553. The van der Waals surface area contributed by atoms with Crippen molar-refractivity contribution in [2.24, 2.45) is 5.73 Å². The van der Waals surface area contributed by atoms with Gasteiger partial charge in [0.25, 0.3) is 0 Å². The first-order chi connectivity index (χ1) is 7.52. The molecule has 1 atom stereocenters. The molecule has 1 aromatic rings. The zero-order valence-electron chi connectivity index (χ0n) is 10.9. The Labute approximate surface area is 99.2 Å². The second kappa shape index (κ2) is 5.90. The Kier molecular flexibility index (Phi) is 4.81. The standard InChI is InChI=1S/C14H24N2/c1-10(2)13-7-5-6-11(3)14(13)16-9-8-12(4)15/h5-7,10,12,16H,8-9,15H2,1-4H3. The largest absolute Gasteiger partial charge is 0.385 e. The molecule has 0 aromatic heterocycles. The van der Waals surface area contributed by atoms with Gasteiger partial charge < -0.3 is 11.1 Å². The predicted octanol–water partition coefficient (Wildman–Crippen LogP) is 3.27. The van der Waals surface area contributed by atoms with Crippen LogP contribution >= 0.6 is 0 Å². The molecule has 1 aromatic carbocycles. The van der Waals surface area contributed by atoms with Crippen LogP contribution in [-0.2, 0) is 0 Å². The first-order valence-corrected chi connectivity index (χ1v) is 6.11. The maximum absolute atomic E-state index is 5.75. The highest BCUT2D eigenvalue weighted by Crippen LogP contribution is 2.27. The van der Waals surface area contributed by atoms with E-state index in [1.807, 2.05) is 6.92 Å². The van der Waals surface area contributed by atoms with Gasteiger partial charge in [-0.2, -0.15) is 0 Å². The Morgan fingerprint density at radius 1 is 1.25 bits per heavy atom. The molecular formula is C14H24N2. The van der Waals surface area contributed by atoms with Crippen molar-refractivity contribution in [3.63, 3.8) is 0 Å². The van der Waals surface area contributed by atoms with Crippen LogP contribution in [-0.4, -0.2) is 12.6 Å². The molecule has 0 heterocycles. The van der Waals surface area contributed by atoms with Crippen molar-refractivity contribution in [3.05, 3.63) is 29.3 Å². The van der Waals surface area contributed by atoms with E-state index in [1.54, 1.807) is 0 Å². The van der Waals surface area contributed by atoms with Crippen LogP contribution in [0, 0.1) is 6.92 Å². The van der Waals surface area contributed by atoms with Gasteiger partial charge in [0.2, 0.25) is 0 Å². The van der Waals surface area contributed by atoms with E-state index in [2.05, 4.69) is 44.3 Å². The van der Waals surface area contributed by atoms with Crippen LogP contribution in [0.3, 0.4) is 0 Å². The molecule has 3 N–H and O–H groups in total. The van der Waals surface area contributed by atoms with Crippen molar-refractivity contribution in [3.8, 4) is 0 Å². The van der Waals surface area contributed by atoms with E-state index in [-0.39, 0.29) is 6.04 Å². The summed E-state index contributed by atoms with van der Waals surface area (Å²) in [7, 11) is 0. The molecule has 2 heteroatoms. The average Bonchev–Trinajstić information content (AvgIpc) is 2.19. The Bertz CT molecular complexity index is 330. The Morgan fingerprint density at radius 3 is 2.50 bits per heavy atom. The molecule has 0 aliphatic carbocycles. The smallest absolute Gasteiger partial charge is 0.0405 e. The maximum atomic E-state index is 5.75. The molecule has 16 heavy (non-hydrogen) atoms. The zero-order chi connectivity index (χ0) is 12.1. The number of nitrogens with two attached hydrogens (primary N) is 1. The van der Waals surface area contributed by atoms with Crippen molar-refractivity contribution in [2.45, 2.75) is 46.1 Å². The summed E-state index contributed by atoms with van der Waals surface area (Å²) >= 11 is 0. The Hall–Kier alpha value is -1.02. The van der Waals surface area contributed by atoms with E-state index in [0.29, 0.717) is 5.92 Å². The molecule has 0 fully saturated rings. The van der Waals surface area contributed by atoms with Gasteiger partial charge in [-0.25, -0.2) is 0 Å². The summed E-state index contributed by atoms with van der Waals surface area (Å²) in [6.45, 7) is 9.60. The summed E-state index contributed by atoms with van der Waals surface area (Å²) < 4.78 is 0. The third kappa shape index (κ3) is 3.53. The van der Waals surface area contributed by atoms with Crippen LogP contribution in [0.1, 0.15) is 44.2 Å². The van der Waals surface area contributed by atoms with Crippen LogP contribution in [0.2, 0.25) is 0 Å². The van der Waals surface area contributed by atoms with Gasteiger partial charge >= 0.3 is 0 Å². The predicted molar refractivity (Wildman–Crippen MR) is 72.0 cm³/mol. The number of nitrogens with one attached hydrogen (secondary N) is 1. The van der Waals surface area contributed by atoms with Crippen LogP contribution < -0.4 is 11.1 Å². The molecule has 0 aliphatic rings. The molecule has 0 saturated heterocycles. The highest BCUT2D eigenvalue weighted by molar-refractivity contribution is 5.58. The number of benzene rings is 1. The van der Waals surface area contributed by atoms with Crippen LogP contribution in [0.5, 0.6) is 0 Å². The molecule has 0 bridgehead atoms. The molecule has 0 saturated carbocycles. The van der Waals surface area contributed by atoms with Gasteiger partial charge in [0, 0.05) is 18.3 Å². The first kappa shape index (κ1) is 13.0. The normalized spacial score (nSPS) is 12.9. The van der Waals surface area contributed by atoms with Gasteiger partial charge in [-0.1, -0.05) is 32.0 Å². The number of para-hydroxylation sites is 1. The Balaban J connectivity index is 2.76. The summed E-state index contributed by atoms with van der Waals surface area (Å²) in [6.07, 6.45) is 1.01. The molecule has 0 radical (unpaired) electrons. The van der Waals surface area contributed by atoms with Crippen molar-refractivity contribution >= 4 is 5.69 Å². The van der Waals surface area contributed by atoms with Crippen LogP contribution in [0.4, 0.5) is 5.69 Å². The van der Waals surface area contributed by atoms with E-state index in [9.17, 15) is 0 Å². The van der Waals surface area contributed by atoms with Crippen molar-refractivity contribution in [2.75, 3.05) is 11.9 Å². The Morgan fingerprint density at radius 2 is 1.94 bits per heavy atom. The van der Waals surface area contributed by atoms with Gasteiger partial charge in [0.05, 0.1) is 0 Å². The molecule has 90 valence electrons. The number of anilines is 1. The zero-order valence-corrected chi connectivity index (χ0v) is 10.9. The maximum Gasteiger partial charge on any atom is 0.0405 e. The van der Waals surface area contributed by atoms with Gasteiger partial charge in [0.15, 0.2) is 0 Å². The quantitative estimate of drug-likeness (QED) is 0.799. The monoisotopic (exact) mass is 220 g/mol. The number of aryl methyl sites for hydroxylation is 1. The van der Waals surface area contributed by atoms with E-state index in [0.717, 1.165) is 13.0 Å². The van der Waals surface area contributed by atoms with Crippen molar-refractivity contribution in [1.29, 1.82) is 0 Å². The third-order valence-corrected chi connectivity index (χ3v) is 2.83. The molecule has 0 spiro atoms. The lowest BCUT2D eigenvalue weighted by atomic mass is 9.98. The minimum absolute atomic E-state index is 0.263. The van der Waals surface area contributed by atoms with Crippen molar-refractivity contribution in [1.82, 2.24) is 0 Å². The van der Waals surface area contributed by atoms with E-state index >= 15 is 0 Å². The van der Waals surface area contributed by atoms with Gasteiger partial charge in [-0.15, -0.1) is 0 Å². The van der Waals surface area contributed by atoms with E-state index in [1.165, 1.54) is 16.8 Å². The van der Waals surface area contributed by atoms with E-state index < -0.39 is 0 Å². The summed E-state index contributed by atoms with van der Waals surface area (Å²) in [6, 6.07) is 6.74. The highest BCUT2D eigenvalue weighted by atomic mass is 14.9. The minimum Gasteiger partial charge on any atom is -0.385 e. The van der Waals surface area contributed by atoms with Crippen LogP contribution in [0.25, 0.3) is 0 Å². The minimum atomic E-state index is 0.263. The topological polar surface area (TPSA) is 38.0 Å². The lowest BCUT2D eigenvalue weighted by molar-refractivity contribution is 0.689. The SMILES string of the molecule is Cc1cccc(C(C)C)c1NCCC(C)N. The lowest BCUT2D eigenvalue weighted by Gasteiger charge is -2.17. The van der Waals surface area contributed by atoms with Gasteiger partial charge in [0.1, 0.15) is 0 Å². The number of rotatable bonds is 5. The number of hydrogen-bond donors (Lipinski definition) is 2. The molecule has 0 aliphatic heterocycles. The average molecular weight is 220 g/mol. The van der Waals surface area contributed by atoms with Crippen molar-refractivity contribution < 1.29 is 0 Å². The fourth-order valence-electron chi connectivity index (χ4n) is 1.84. The fraction of sp³-hybridized carbons (Fsp3) is 0.571. The highest BCUT2D eigenvalue weighted by Gasteiger charge is 2.08. The second-order valence-corrected chi connectivity index (χ2v) is 4.89. The summed E-state index contributed by atoms with van der Waals surface area (Å²) in [5.41, 5.74) is 9.75. The lowest BCUT2D eigenvalue weighted by Crippen LogP contribution is -2.19. The molecule has 0 amide bonds. The van der Waals surface area contributed by atoms with E-state index in [4.69, 9.17) is 5.73 Å². The van der Waals surface area contributed by atoms with Gasteiger partial charge in [-0.3, -0.25) is 0 Å². The van der Waals surface area contributed by atoms with Gasteiger partial charge in [-0.05, 0) is 37.3 Å². The summed E-state index contributed by atoms with van der Waals surface area (Å²) in [5, 5.41) is 3.51. The molecular weight excluding hydrogens is 196 g/mol. The fourth-order valence-corrected chi connectivity index (χ4v) is 1.84. The summed E-state index contributed by atoms with van der Waals surface area (Å²) in [4.78, 5) is 0. The third-order valence-electron chi connectivity index (χ3n) is 2.83. The van der Waals surface area contributed by atoms with Crippen LogP contribution in [0.15, 0.2) is 18.2 Å². The number of hydrogen-bond acceptors (Lipinski definition) is 2. The first-order valence-electron chi connectivity index (χ1n) is 6.11. The second-order valence-electron chi connectivity index (χ2n) is 4.89. The molecule has 1 unspecified atom stereocenters. The molecule has 2 nitrogen and oxygen atoms in total. The molecule has 1 rings (SSSR count).